The third-order valence-electron chi connectivity index (χ3n) is 10.6. The van der Waals surface area contributed by atoms with Crippen LogP contribution in [0.5, 0.6) is 0 Å². The number of hydrogen-bond donors (Lipinski definition) is 0. The molecule has 0 radical (unpaired) electrons. The summed E-state index contributed by atoms with van der Waals surface area (Å²) in [5.74, 6) is 0. The van der Waals surface area contributed by atoms with Crippen molar-refractivity contribution in [3.05, 3.63) is 169 Å². The van der Waals surface area contributed by atoms with Gasteiger partial charge in [-0.1, -0.05) is 153 Å². The first kappa shape index (κ1) is 27.6. The standard InChI is InChI=1S/C47H32S/c1-47(2)41-28-34(25-26-39(41)46-45(47)40-17-9-10-18-42(40)48-46)44-37-15-7-5-13-35(37)43(36-14-6-8-16-38(36)44)31-22-19-30(20-23-31)33-24-21-29-11-3-4-12-32(29)27-33/h3-28H,1-2H3. The minimum atomic E-state index is -0.0708. The minimum absolute atomic E-state index is 0.0708. The van der Waals surface area contributed by atoms with Gasteiger partial charge >= 0.3 is 0 Å². The summed E-state index contributed by atoms with van der Waals surface area (Å²) in [5, 5.41) is 9.09. The van der Waals surface area contributed by atoms with Gasteiger partial charge in [-0.2, -0.15) is 0 Å². The number of hydrogen-bond acceptors (Lipinski definition) is 1. The first-order valence-corrected chi connectivity index (χ1v) is 17.6. The van der Waals surface area contributed by atoms with Crippen LogP contribution in [-0.2, 0) is 5.41 Å². The van der Waals surface area contributed by atoms with Gasteiger partial charge in [0.05, 0.1) is 0 Å². The van der Waals surface area contributed by atoms with Crippen molar-refractivity contribution >= 4 is 53.7 Å². The van der Waals surface area contributed by atoms with Crippen molar-refractivity contribution in [3.8, 4) is 43.8 Å². The molecular weight excluding hydrogens is 597 g/mol. The molecule has 8 aromatic carbocycles. The average molecular weight is 629 g/mol. The largest absolute Gasteiger partial charge is 0.135 e. The summed E-state index contributed by atoms with van der Waals surface area (Å²) in [6.07, 6.45) is 0. The highest BCUT2D eigenvalue weighted by Gasteiger charge is 2.39. The summed E-state index contributed by atoms with van der Waals surface area (Å²) in [6.45, 7) is 4.81. The molecule has 0 unspecified atom stereocenters. The molecule has 48 heavy (non-hydrogen) atoms. The van der Waals surface area contributed by atoms with E-state index in [1.807, 2.05) is 11.3 Å². The van der Waals surface area contributed by atoms with E-state index in [0.29, 0.717) is 0 Å². The van der Waals surface area contributed by atoms with Crippen LogP contribution in [0.3, 0.4) is 0 Å². The molecule has 226 valence electrons. The van der Waals surface area contributed by atoms with Gasteiger partial charge in [-0.15, -0.1) is 11.3 Å². The van der Waals surface area contributed by atoms with Gasteiger partial charge < -0.3 is 0 Å². The summed E-state index contributed by atoms with van der Waals surface area (Å²) in [6, 6.07) is 58.6. The normalized spacial score (nSPS) is 13.4. The van der Waals surface area contributed by atoms with Crippen LogP contribution in [0.2, 0.25) is 0 Å². The molecule has 0 nitrogen and oxygen atoms in total. The lowest BCUT2D eigenvalue weighted by Gasteiger charge is -2.23. The molecule has 0 fully saturated rings. The maximum atomic E-state index is 2.49. The summed E-state index contributed by atoms with van der Waals surface area (Å²) in [5.41, 5.74) is 11.8. The number of rotatable bonds is 3. The molecule has 0 bridgehead atoms. The van der Waals surface area contributed by atoms with Crippen molar-refractivity contribution in [3.63, 3.8) is 0 Å². The molecule has 0 amide bonds. The second-order valence-corrected chi connectivity index (χ2v) is 14.7. The van der Waals surface area contributed by atoms with Crippen molar-refractivity contribution in [2.75, 3.05) is 0 Å². The van der Waals surface area contributed by atoms with Gasteiger partial charge in [0.1, 0.15) is 0 Å². The molecule has 0 atom stereocenters. The zero-order chi connectivity index (χ0) is 32.0. The fourth-order valence-electron chi connectivity index (χ4n) is 8.35. The predicted molar refractivity (Wildman–Crippen MR) is 208 cm³/mol. The fourth-order valence-corrected chi connectivity index (χ4v) is 9.76. The Morgan fingerprint density at radius 2 is 0.938 bits per heavy atom. The van der Waals surface area contributed by atoms with E-state index in [2.05, 4.69) is 172 Å². The molecule has 1 aliphatic rings. The van der Waals surface area contributed by atoms with Gasteiger partial charge in [0.25, 0.3) is 0 Å². The second-order valence-electron chi connectivity index (χ2n) is 13.7. The Labute approximate surface area is 284 Å². The zero-order valence-corrected chi connectivity index (χ0v) is 27.7. The molecule has 1 aliphatic carbocycles. The summed E-state index contributed by atoms with van der Waals surface area (Å²) < 4.78 is 1.38. The van der Waals surface area contributed by atoms with Crippen LogP contribution in [0.4, 0.5) is 0 Å². The molecular formula is C47H32S. The van der Waals surface area contributed by atoms with E-state index in [0.717, 1.165) is 0 Å². The van der Waals surface area contributed by atoms with Crippen molar-refractivity contribution in [2.45, 2.75) is 19.3 Å². The molecule has 0 saturated heterocycles. The van der Waals surface area contributed by atoms with Crippen LogP contribution in [0.1, 0.15) is 25.0 Å². The monoisotopic (exact) mass is 628 g/mol. The molecule has 0 aliphatic heterocycles. The molecule has 10 rings (SSSR count). The van der Waals surface area contributed by atoms with Crippen LogP contribution in [0.25, 0.3) is 86.2 Å². The van der Waals surface area contributed by atoms with Crippen molar-refractivity contribution < 1.29 is 0 Å². The molecule has 0 N–H and O–H groups in total. The zero-order valence-electron chi connectivity index (χ0n) is 26.9. The highest BCUT2D eigenvalue weighted by Crippen LogP contribution is 2.56. The van der Waals surface area contributed by atoms with Gasteiger partial charge in [0.2, 0.25) is 0 Å². The summed E-state index contributed by atoms with van der Waals surface area (Å²) in [4.78, 5) is 1.43. The smallest absolute Gasteiger partial charge is 0.0399 e. The van der Waals surface area contributed by atoms with Crippen LogP contribution in [0, 0.1) is 0 Å². The molecule has 9 aromatic rings. The first-order valence-electron chi connectivity index (χ1n) is 16.8. The van der Waals surface area contributed by atoms with Gasteiger partial charge in [0.15, 0.2) is 0 Å². The van der Waals surface area contributed by atoms with E-state index < -0.39 is 0 Å². The van der Waals surface area contributed by atoms with E-state index in [4.69, 9.17) is 0 Å². The number of benzene rings is 8. The van der Waals surface area contributed by atoms with Crippen molar-refractivity contribution in [1.82, 2.24) is 0 Å². The fraction of sp³-hybridized carbons (Fsp3) is 0.0638. The lowest BCUT2D eigenvalue weighted by atomic mass is 9.79. The lowest BCUT2D eigenvalue weighted by molar-refractivity contribution is 0.667. The quantitative estimate of drug-likeness (QED) is 0.171. The van der Waals surface area contributed by atoms with Gasteiger partial charge in [-0.3, -0.25) is 0 Å². The molecule has 1 heteroatoms. The SMILES string of the molecule is CC1(C)c2cc(-c3c4ccccc4c(-c4ccc(-c5ccc6ccccc6c5)cc4)c4ccccc34)ccc2-c2sc3ccccc3c21. The molecule has 0 spiro atoms. The number of thiophene rings is 1. The van der Waals surface area contributed by atoms with Crippen LogP contribution < -0.4 is 0 Å². The average Bonchev–Trinajstić information content (AvgIpc) is 3.63. The Bertz CT molecular complexity index is 2680. The van der Waals surface area contributed by atoms with Crippen LogP contribution >= 0.6 is 11.3 Å². The molecule has 0 saturated carbocycles. The summed E-state index contributed by atoms with van der Waals surface area (Å²) >= 11 is 1.94. The van der Waals surface area contributed by atoms with Gasteiger partial charge in [-0.05, 0) is 106 Å². The molecule has 1 heterocycles. The first-order chi connectivity index (χ1) is 23.6. The third-order valence-corrected chi connectivity index (χ3v) is 11.8. The Morgan fingerprint density at radius 3 is 1.62 bits per heavy atom. The Morgan fingerprint density at radius 1 is 0.417 bits per heavy atom. The highest BCUT2D eigenvalue weighted by atomic mass is 32.1. The van der Waals surface area contributed by atoms with Crippen molar-refractivity contribution in [2.24, 2.45) is 0 Å². The maximum absolute atomic E-state index is 2.49. The van der Waals surface area contributed by atoms with E-state index in [9.17, 15) is 0 Å². The number of fused-ring (bicyclic) bond motifs is 8. The van der Waals surface area contributed by atoms with Crippen molar-refractivity contribution in [1.29, 1.82) is 0 Å². The van der Waals surface area contributed by atoms with Crippen LogP contribution in [-0.4, -0.2) is 0 Å². The lowest BCUT2D eigenvalue weighted by Crippen LogP contribution is -2.15. The Balaban J connectivity index is 1.15. The maximum Gasteiger partial charge on any atom is 0.0399 e. The van der Waals surface area contributed by atoms with Gasteiger partial charge in [0, 0.05) is 15.0 Å². The second kappa shape index (κ2) is 10.2. The Hall–Kier alpha value is -5.50. The summed E-state index contributed by atoms with van der Waals surface area (Å²) in [7, 11) is 0. The van der Waals surface area contributed by atoms with E-state index in [1.54, 1.807) is 0 Å². The molecule has 1 aromatic heterocycles. The van der Waals surface area contributed by atoms with E-state index in [-0.39, 0.29) is 5.41 Å². The van der Waals surface area contributed by atoms with Crippen LogP contribution in [0.15, 0.2) is 158 Å². The van der Waals surface area contributed by atoms with Gasteiger partial charge in [-0.25, -0.2) is 0 Å². The van der Waals surface area contributed by atoms with E-state index >= 15 is 0 Å². The highest BCUT2D eigenvalue weighted by molar-refractivity contribution is 7.22. The predicted octanol–water partition coefficient (Wildman–Crippen LogP) is 13.7. The topological polar surface area (TPSA) is 0 Å². The Kier molecular flexibility index (Phi) is 5.89. The third kappa shape index (κ3) is 3.95. The minimum Gasteiger partial charge on any atom is -0.135 e. The van der Waals surface area contributed by atoms with E-state index in [1.165, 1.54) is 97.4 Å².